The molecule has 130 valence electrons. The van der Waals surface area contributed by atoms with Crippen LogP contribution in [0.15, 0.2) is 59.7 Å². The second-order valence-corrected chi connectivity index (χ2v) is 6.32. The Morgan fingerprint density at radius 1 is 1.20 bits per heavy atom. The summed E-state index contributed by atoms with van der Waals surface area (Å²) in [5.74, 6) is -0.281. The van der Waals surface area contributed by atoms with Crippen molar-refractivity contribution in [3.63, 3.8) is 0 Å². The first-order valence-corrected chi connectivity index (χ1v) is 8.43. The van der Waals surface area contributed by atoms with E-state index in [-0.39, 0.29) is 24.3 Å². The Hall–Kier alpha value is -2.53. The van der Waals surface area contributed by atoms with Gasteiger partial charge in [-0.25, -0.2) is 9.40 Å². The SMILES string of the molecule is CC(c1ccc(F)cc1)N(C)CC(=O)N1CCC(c2ccccc2)=N1. The average molecular weight is 339 g/mol. The molecule has 2 aromatic carbocycles. The number of hydrogen-bond donors (Lipinski definition) is 0. The van der Waals surface area contributed by atoms with E-state index in [9.17, 15) is 9.18 Å². The van der Waals surface area contributed by atoms with Crippen LogP contribution in [-0.4, -0.2) is 41.7 Å². The van der Waals surface area contributed by atoms with Crippen LogP contribution in [0.3, 0.4) is 0 Å². The number of halogens is 1. The van der Waals surface area contributed by atoms with Gasteiger partial charge >= 0.3 is 0 Å². The van der Waals surface area contributed by atoms with Gasteiger partial charge in [0.1, 0.15) is 5.82 Å². The van der Waals surface area contributed by atoms with E-state index < -0.39 is 0 Å². The van der Waals surface area contributed by atoms with Crippen molar-refractivity contribution < 1.29 is 9.18 Å². The summed E-state index contributed by atoms with van der Waals surface area (Å²) in [6.45, 7) is 2.88. The number of hydrazone groups is 1. The first kappa shape index (κ1) is 17.3. The van der Waals surface area contributed by atoms with Crippen LogP contribution in [-0.2, 0) is 4.79 Å². The van der Waals surface area contributed by atoms with Gasteiger partial charge in [0.2, 0.25) is 0 Å². The van der Waals surface area contributed by atoms with Crippen LogP contribution in [0.4, 0.5) is 4.39 Å². The summed E-state index contributed by atoms with van der Waals surface area (Å²) in [6.07, 6.45) is 0.771. The van der Waals surface area contributed by atoms with Crippen LogP contribution < -0.4 is 0 Å². The van der Waals surface area contributed by atoms with Gasteiger partial charge in [0.25, 0.3) is 5.91 Å². The highest BCUT2D eigenvalue weighted by molar-refractivity contribution is 6.02. The molecule has 0 radical (unpaired) electrons. The van der Waals surface area contributed by atoms with Crippen molar-refractivity contribution >= 4 is 11.6 Å². The van der Waals surface area contributed by atoms with E-state index in [0.29, 0.717) is 6.54 Å². The minimum Gasteiger partial charge on any atom is -0.291 e. The van der Waals surface area contributed by atoms with Crippen molar-refractivity contribution in [1.82, 2.24) is 9.91 Å². The summed E-state index contributed by atoms with van der Waals surface area (Å²) in [7, 11) is 1.89. The predicted octanol–water partition coefficient (Wildman–Crippen LogP) is 3.46. The average Bonchev–Trinajstić information content (AvgIpc) is 3.13. The van der Waals surface area contributed by atoms with Crippen LogP contribution in [0.5, 0.6) is 0 Å². The van der Waals surface area contributed by atoms with Crippen molar-refractivity contribution in [2.24, 2.45) is 5.10 Å². The van der Waals surface area contributed by atoms with Gasteiger partial charge in [0, 0.05) is 12.5 Å². The standard InChI is InChI=1S/C20H22FN3O/c1-15(16-8-10-18(21)11-9-16)23(2)14-20(25)24-13-12-19(22-24)17-6-4-3-5-7-17/h3-11,15H,12-14H2,1-2H3. The summed E-state index contributed by atoms with van der Waals surface area (Å²) < 4.78 is 13.1. The molecule has 1 amide bonds. The smallest absolute Gasteiger partial charge is 0.256 e. The number of carbonyl (C=O) groups is 1. The van der Waals surface area contributed by atoms with Gasteiger partial charge in [0.15, 0.2) is 0 Å². The third kappa shape index (κ3) is 4.12. The molecule has 1 unspecified atom stereocenters. The fourth-order valence-electron chi connectivity index (χ4n) is 2.90. The van der Waals surface area contributed by atoms with Crippen LogP contribution in [0.25, 0.3) is 0 Å². The molecule has 1 atom stereocenters. The quantitative estimate of drug-likeness (QED) is 0.836. The lowest BCUT2D eigenvalue weighted by atomic mass is 10.1. The molecule has 1 aliphatic rings. The second-order valence-electron chi connectivity index (χ2n) is 6.32. The van der Waals surface area contributed by atoms with E-state index in [4.69, 9.17) is 0 Å². The van der Waals surface area contributed by atoms with Crippen LogP contribution in [0, 0.1) is 5.82 Å². The summed E-state index contributed by atoms with van der Waals surface area (Å²) in [4.78, 5) is 14.5. The molecule has 0 bridgehead atoms. The summed E-state index contributed by atoms with van der Waals surface area (Å²) in [5, 5.41) is 6.03. The molecule has 0 spiro atoms. The molecule has 0 saturated carbocycles. The Balaban J connectivity index is 1.62. The zero-order chi connectivity index (χ0) is 17.8. The minimum atomic E-state index is -0.255. The van der Waals surface area contributed by atoms with Crippen molar-refractivity contribution in [1.29, 1.82) is 0 Å². The van der Waals surface area contributed by atoms with E-state index in [0.717, 1.165) is 23.3 Å². The Labute approximate surface area is 147 Å². The molecular weight excluding hydrogens is 317 g/mol. The maximum absolute atomic E-state index is 13.1. The predicted molar refractivity (Wildman–Crippen MR) is 96.8 cm³/mol. The monoisotopic (exact) mass is 339 g/mol. The number of rotatable bonds is 5. The van der Waals surface area contributed by atoms with Crippen molar-refractivity contribution in [3.8, 4) is 0 Å². The van der Waals surface area contributed by atoms with Crippen molar-refractivity contribution in [3.05, 3.63) is 71.5 Å². The number of nitrogens with zero attached hydrogens (tertiary/aromatic N) is 3. The Bertz CT molecular complexity index is 758. The van der Waals surface area contributed by atoms with E-state index in [2.05, 4.69) is 5.10 Å². The van der Waals surface area contributed by atoms with Gasteiger partial charge in [-0.15, -0.1) is 0 Å². The molecule has 0 N–H and O–H groups in total. The van der Waals surface area contributed by atoms with E-state index in [1.165, 1.54) is 12.1 Å². The van der Waals surface area contributed by atoms with Crippen LogP contribution >= 0.6 is 0 Å². The lowest BCUT2D eigenvalue weighted by Gasteiger charge is -2.25. The maximum atomic E-state index is 13.1. The first-order chi connectivity index (χ1) is 12.0. The first-order valence-electron chi connectivity index (χ1n) is 8.43. The van der Waals surface area contributed by atoms with Crippen molar-refractivity contribution in [2.75, 3.05) is 20.1 Å². The molecular formula is C20H22FN3O. The molecule has 1 aliphatic heterocycles. The topological polar surface area (TPSA) is 35.9 Å². The molecule has 0 aliphatic carbocycles. The fraction of sp³-hybridized carbons (Fsp3) is 0.300. The second kappa shape index (κ2) is 7.57. The Kier molecular flexibility index (Phi) is 5.24. The molecule has 25 heavy (non-hydrogen) atoms. The van der Waals surface area contributed by atoms with Crippen LogP contribution in [0.1, 0.15) is 30.5 Å². The Morgan fingerprint density at radius 3 is 2.56 bits per heavy atom. The van der Waals surface area contributed by atoms with Crippen molar-refractivity contribution in [2.45, 2.75) is 19.4 Å². The number of amides is 1. The van der Waals surface area contributed by atoms with Gasteiger partial charge in [-0.2, -0.15) is 5.10 Å². The fourth-order valence-corrected chi connectivity index (χ4v) is 2.90. The van der Waals surface area contributed by atoms with Gasteiger partial charge in [-0.05, 0) is 37.2 Å². The highest BCUT2D eigenvalue weighted by Crippen LogP contribution is 2.20. The summed E-state index contributed by atoms with van der Waals surface area (Å²) >= 11 is 0. The van der Waals surface area contributed by atoms with E-state index in [1.807, 2.05) is 49.2 Å². The zero-order valence-corrected chi connectivity index (χ0v) is 14.5. The molecule has 3 rings (SSSR count). The third-order valence-corrected chi connectivity index (χ3v) is 4.59. The molecule has 1 heterocycles. The largest absolute Gasteiger partial charge is 0.291 e. The lowest BCUT2D eigenvalue weighted by Crippen LogP contribution is -2.36. The maximum Gasteiger partial charge on any atom is 0.256 e. The molecule has 4 nitrogen and oxygen atoms in total. The number of hydrogen-bond acceptors (Lipinski definition) is 3. The summed E-state index contributed by atoms with van der Waals surface area (Å²) in [5.41, 5.74) is 2.99. The van der Waals surface area contributed by atoms with Gasteiger partial charge in [0.05, 0.1) is 18.8 Å². The Morgan fingerprint density at radius 2 is 1.88 bits per heavy atom. The third-order valence-electron chi connectivity index (χ3n) is 4.59. The minimum absolute atomic E-state index is 0.0183. The van der Waals surface area contributed by atoms with Gasteiger partial charge in [-0.3, -0.25) is 9.69 Å². The zero-order valence-electron chi connectivity index (χ0n) is 14.5. The molecule has 2 aromatic rings. The van der Waals surface area contributed by atoms with E-state index in [1.54, 1.807) is 17.1 Å². The molecule has 5 heteroatoms. The van der Waals surface area contributed by atoms with Gasteiger partial charge < -0.3 is 0 Å². The normalized spacial score (nSPS) is 15.4. The lowest BCUT2D eigenvalue weighted by molar-refractivity contribution is -0.132. The van der Waals surface area contributed by atoms with Gasteiger partial charge in [-0.1, -0.05) is 42.5 Å². The van der Waals surface area contributed by atoms with E-state index >= 15 is 0 Å². The number of benzene rings is 2. The molecule has 0 saturated heterocycles. The number of likely N-dealkylation sites (N-methyl/N-ethyl adjacent to an activating group) is 1. The summed E-state index contributed by atoms with van der Waals surface area (Å²) in [6, 6.07) is 16.3. The number of carbonyl (C=O) groups excluding carboxylic acids is 1. The molecule has 0 fully saturated rings. The molecule has 0 aromatic heterocycles. The highest BCUT2D eigenvalue weighted by Gasteiger charge is 2.24. The highest BCUT2D eigenvalue weighted by atomic mass is 19.1. The van der Waals surface area contributed by atoms with Crippen LogP contribution in [0.2, 0.25) is 0 Å².